The minimum atomic E-state index is -0.869. The average molecular weight is 284 g/mol. The van der Waals surface area contributed by atoms with E-state index in [4.69, 9.17) is 14.4 Å². The van der Waals surface area contributed by atoms with E-state index >= 15 is 0 Å². The van der Waals surface area contributed by atoms with Gasteiger partial charge in [0.05, 0.1) is 17.5 Å². The fraction of sp³-hybridized carbons (Fsp3) is 0.133. The molecular weight excluding hydrogens is 272 g/mol. The summed E-state index contributed by atoms with van der Waals surface area (Å²) in [5.74, 6) is -1.03. The summed E-state index contributed by atoms with van der Waals surface area (Å²) in [6, 6.07) is 11.3. The first kappa shape index (κ1) is 14.3. The number of rotatable bonds is 4. The van der Waals surface area contributed by atoms with E-state index in [0.29, 0.717) is 0 Å². The van der Waals surface area contributed by atoms with Gasteiger partial charge in [-0.25, -0.2) is 4.79 Å². The predicted octanol–water partition coefficient (Wildman–Crippen LogP) is 2.60. The SMILES string of the molecule is C[C@@H](C#N)OC(=O)c1ccccc1NC(=O)c1ccco1. The van der Waals surface area contributed by atoms with Crippen molar-refractivity contribution < 1.29 is 18.7 Å². The fourth-order valence-corrected chi connectivity index (χ4v) is 1.61. The van der Waals surface area contributed by atoms with Gasteiger partial charge in [0.25, 0.3) is 5.91 Å². The van der Waals surface area contributed by atoms with E-state index in [-0.39, 0.29) is 17.0 Å². The van der Waals surface area contributed by atoms with E-state index in [2.05, 4.69) is 5.32 Å². The summed E-state index contributed by atoms with van der Waals surface area (Å²) in [4.78, 5) is 23.9. The number of carbonyl (C=O) groups excluding carboxylic acids is 2. The highest BCUT2D eigenvalue weighted by Crippen LogP contribution is 2.18. The number of nitrogens with zero attached hydrogens (tertiary/aromatic N) is 1. The van der Waals surface area contributed by atoms with Crippen molar-refractivity contribution in [2.45, 2.75) is 13.0 Å². The molecule has 1 N–H and O–H groups in total. The van der Waals surface area contributed by atoms with Crippen molar-refractivity contribution in [2.75, 3.05) is 5.32 Å². The fourth-order valence-electron chi connectivity index (χ4n) is 1.61. The minimum absolute atomic E-state index is 0.128. The Balaban J connectivity index is 2.19. The van der Waals surface area contributed by atoms with Crippen LogP contribution in [0.25, 0.3) is 0 Å². The van der Waals surface area contributed by atoms with Gasteiger partial charge in [-0.05, 0) is 31.2 Å². The molecule has 21 heavy (non-hydrogen) atoms. The Bertz CT molecular complexity index is 686. The Labute approximate surface area is 120 Å². The van der Waals surface area contributed by atoms with Gasteiger partial charge in [0.15, 0.2) is 11.9 Å². The van der Waals surface area contributed by atoms with Crippen LogP contribution >= 0.6 is 0 Å². The Morgan fingerprint density at radius 2 is 2.05 bits per heavy atom. The molecule has 0 aliphatic carbocycles. The van der Waals surface area contributed by atoms with Gasteiger partial charge in [0, 0.05) is 0 Å². The second kappa shape index (κ2) is 6.39. The number of furan rings is 1. The molecular formula is C15H12N2O4. The molecule has 1 heterocycles. The molecule has 0 saturated heterocycles. The molecule has 1 aromatic carbocycles. The van der Waals surface area contributed by atoms with E-state index < -0.39 is 18.0 Å². The second-order valence-corrected chi connectivity index (χ2v) is 4.15. The number of esters is 1. The highest BCUT2D eigenvalue weighted by Gasteiger charge is 2.18. The summed E-state index contributed by atoms with van der Waals surface area (Å²) >= 11 is 0. The third-order valence-corrected chi connectivity index (χ3v) is 2.61. The molecule has 106 valence electrons. The van der Waals surface area contributed by atoms with Crippen LogP contribution in [0.3, 0.4) is 0 Å². The zero-order valence-corrected chi connectivity index (χ0v) is 11.2. The molecule has 0 fully saturated rings. The molecule has 6 heteroatoms. The van der Waals surface area contributed by atoms with Gasteiger partial charge in [-0.1, -0.05) is 12.1 Å². The monoisotopic (exact) mass is 284 g/mol. The molecule has 0 spiro atoms. The van der Waals surface area contributed by atoms with E-state index in [1.807, 2.05) is 0 Å². The predicted molar refractivity (Wildman–Crippen MR) is 73.6 cm³/mol. The first-order chi connectivity index (χ1) is 10.1. The summed E-state index contributed by atoms with van der Waals surface area (Å²) in [6.07, 6.45) is 0.510. The maximum atomic E-state index is 12.0. The van der Waals surface area contributed by atoms with Gasteiger partial charge in [0.1, 0.15) is 6.07 Å². The molecule has 2 rings (SSSR count). The van der Waals surface area contributed by atoms with Crippen LogP contribution in [0.1, 0.15) is 27.8 Å². The van der Waals surface area contributed by atoms with Crippen molar-refractivity contribution >= 4 is 17.6 Å². The number of hydrogen-bond donors (Lipinski definition) is 1. The van der Waals surface area contributed by atoms with Crippen molar-refractivity contribution in [2.24, 2.45) is 0 Å². The summed E-state index contributed by atoms with van der Waals surface area (Å²) in [5, 5.41) is 11.2. The lowest BCUT2D eigenvalue weighted by Gasteiger charge is -2.10. The number of nitriles is 1. The lowest BCUT2D eigenvalue weighted by molar-refractivity contribution is 0.0436. The van der Waals surface area contributed by atoms with E-state index in [1.165, 1.54) is 25.3 Å². The quantitative estimate of drug-likeness (QED) is 0.871. The number of benzene rings is 1. The number of para-hydroxylation sites is 1. The molecule has 0 aliphatic heterocycles. The van der Waals surface area contributed by atoms with Gasteiger partial charge in [0.2, 0.25) is 0 Å². The van der Waals surface area contributed by atoms with Crippen LogP contribution in [0.4, 0.5) is 5.69 Å². The number of carbonyl (C=O) groups is 2. The van der Waals surface area contributed by atoms with Gasteiger partial charge in [-0.15, -0.1) is 0 Å². The number of hydrogen-bond acceptors (Lipinski definition) is 5. The summed E-state index contributed by atoms with van der Waals surface area (Å²) in [7, 11) is 0. The Morgan fingerprint density at radius 1 is 1.29 bits per heavy atom. The third-order valence-electron chi connectivity index (χ3n) is 2.61. The minimum Gasteiger partial charge on any atom is -0.459 e. The van der Waals surface area contributed by atoms with Crippen molar-refractivity contribution in [3.05, 3.63) is 54.0 Å². The molecule has 0 saturated carbocycles. The van der Waals surface area contributed by atoms with Gasteiger partial charge < -0.3 is 14.5 Å². The third kappa shape index (κ3) is 3.48. The number of amides is 1. The van der Waals surface area contributed by atoms with Crippen molar-refractivity contribution in [3.63, 3.8) is 0 Å². The highest BCUT2D eigenvalue weighted by molar-refractivity contribution is 6.06. The van der Waals surface area contributed by atoms with Crippen molar-refractivity contribution in [3.8, 4) is 6.07 Å². The average Bonchev–Trinajstić information content (AvgIpc) is 3.01. The lowest BCUT2D eigenvalue weighted by atomic mass is 10.1. The molecule has 1 aromatic heterocycles. The van der Waals surface area contributed by atoms with Crippen LogP contribution in [0, 0.1) is 11.3 Å². The smallest absolute Gasteiger partial charge is 0.341 e. The molecule has 0 bridgehead atoms. The molecule has 6 nitrogen and oxygen atoms in total. The highest BCUT2D eigenvalue weighted by atomic mass is 16.5. The summed E-state index contributed by atoms with van der Waals surface area (Å²) in [5.41, 5.74) is 0.452. The van der Waals surface area contributed by atoms with Crippen LogP contribution in [-0.2, 0) is 4.74 Å². The first-order valence-corrected chi connectivity index (χ1v) is 6.16. The van der Waals surface area contributed by atoms with Crippen molar-refractivity contribution in [1.82, 2.24) is 0 Å². The molecule has 0 aliphatic rings. The van der Waals surface area contributed by atoms with Crippen LogP contribution in [0.2, 0.25) is 0 Å². The summed E-state index contributed by atoms with van der Waals surface area (Å²) < 4.78 is 9.90. The van der Waals surface area contributed by atoms with Gasteiger partial charge in [-0.3, -0.25) is 4.79 Å². The van der Waals surface area contributed by atoms with E-state index in [0.717, 1.165) is 0 Å². The largest absolute Gasteiger partial charge is 0.459 e. The number of nitrogens with one attached hydrogen (secondary N) is 1. The molecule has 2 aromatic rings. The Kier molecular flexibility index (Phi) is 4.36. The molecule has 0 unspecified atom stereocenters. The number of ether oxygens (including phenoxy) is 1. The van der Waals surface area contributed by atoms with Crippen LogP contribution in [0.15, 0.2) is 47.1 Å². The second-order valence-electron chi connectivity index (χ2n) is 4.15. The standard InChI is InChI=1S/C15H12N2O4/c1-10(9-16)21-15(19)11-5-2-3-6-12(11)17-14(18)13-7-4-8-20-13/h2-8,10H,1H3,(H,17,18)/t10-/m0/s1. The van der Waals surface area contributed by atoms with E-state index in [9.17, 15) is 9.59 Å². The zero-order valence-electron chi connectivity index (χ0n) is 11.2. The molecule has 1 amide bonds. The Hall–Kier alpha value is -3.07. The van der Waals surface area contributed by atoms with Crippen LogP contribution in [0.5, 0.6) is 0 Å². The van der Waals surface area contributed by atoms with Crippen molar-refractivity contribution in [1.29, 1.82) is 5.26 Å². The van der Waals surface area contributed by atoms with Gasteiger partial charge in [-0.2, -0.15) is 5.26 Å². The summed E-state index contributed by atoms with van der Waals surface area (Å²) in [6.45, 7) is 1.46. The molecule has 0 radical (unpaired) electrons. The topological polar surface area (TPSA) is 92.3 Å². The maximum absolute atomic E-state index is 12.0. The van der Waals surface area contributed by atoms with Crippen LogP contribution < -0.4 is 5.32 Å². The maximum Gasteiger partial charge on any atom is 0.341 e. The molecule has 1 atom stereocenters. The zero-order chi connectivity index (χ0) is 15.2. The Morgan fingerprint density at radius 3 is 2.71 bits per heavy atom. The van der Waals surface area contributed by atoms with E-state index in [1.54, 1.807) is 30.3 Å². The van der Waals surface area contributed by atoms with Gasteiger partial charge >= 0.3 is 5.97 Å². The number of anilines is 1. The first-order valence-electron chi connectivity index (χ1n) is 6.16. The lowest BCUT2D eigenvalue weighted by Crippen LogP contribution is -2.17. The normalized spacial score (nSPS) is 11.2. The van der Waals surface area contributed by atoms with Crippen LogP contribution in [-0.4, -0.2) is 18.0 Å².